The predicted molar refractivity (Wildman–Crippen MR) is 212 cm³/mol. The maximum absolute atomic E-state index is 12.6. The van der Waals surface area contributed by atoms with Crippen molar-refractivity contribution in [1.29, 1.82) is 0 Å². The summed E-state index contributed by atoms with van der Waals surface area (Å²) in [6.07, 6.45) is 39.0. The molecular weight excluding hydrogens is 697 g/mol. The number of carboxylic acids is 1. The highest BCUT2D eigenvalue weighted by atomic mass is 31.2. The second-order valence-electron chi connectivity index (χ2n) is 13.4. The van der Waals surface area contributed by atoms with E-state index < -0.39 is 51.1 Å². The van der Waals surface area contributed by atoms with Gasteiger partial charge < -0.3 is 25.2 Å². The van der Waals surface area contributed by atoms with Crippen LogP contribution in [0.15, 0.2) is 48.6 Å². The van der Waals surface area contributed by atoms with Crippen molar-refractivity contribution in [3.05, 3.63) is 48.6 Å². The number of nitrogens with two attached hydrogens (primary N) is 1. The number of carbonyl (C=O) groups is 3. The fourth-order valence-electron chi connectivity index (χ4n) is 5.07. The van der Waals surface area contributed by atoms with Crippen molar-refractivity contribution in [3.8, 4) is 0 Å². The van der Waals surface area contributed by atoms with E-state index in [1.165, 1.54) is 57.8 Å². The number of phosphoric ester groups is 1. The van der Waals surface area contributed by atoms with Gasteiger partial charge >= 0.3 is 25.7 Å². The summed E-state index contributed by atoms with van der Waals surface area (Å²) in [5.41, 5.74) is 5.31. The number of carboxylic acid groups (broad SMARTS) is 1. The van der Waals surface area contributed by atoms with Crippen molar-refractivity contribution in [2.45, 2.75) is 174 Å². The molecule has 0 rings (SSSR count). The number of ether oxygens (including phenoxy) is 2. The van der Waals surface area contributed by atoms with E-state index in [-0.39, 0.29) is 19.4 Å². The van der Waals surface area contributed by atoms with Crippen LogP contribution in [0.4, 0.5) is 0 Å². The van der Waals surface area contributed by atoms with Crippen molar-refractivity contribution in [2.75, 3.05) is 19.8 Å². The normalized spacial score (nSPS) is 14.3. The number of esters is 2. The van der Waals surface area contributed by atoms with Crippen molar-refractivity contribution >= 4 is 25.7 Å². The Morgan fingerprint density at radius 1 is 0.585 bits per heavy atom. The minimum Gasteiger partial charge on any atom is -0.480 e. The van der Waals surface area contributed by atoms with E-state index in [4.69, 9.17) is 24.8 Å². The Morgan fingerprint density at radius 3 is 1.60 bits per heavy atom. The second-order valence-corrected chi connectivity index (χ2v) is 14.9. The molecule has 3 atom stereocenters. The highest BCUT2D eigenvalue weighted by Crippen LogP contribution is 2.43. The first-order valence-electron chi connectivity index (χ1n) is 20.2. The smallest absolute Gasteiger partial charge is 0.472 e. The summed E-state index contributed by atoms with van der Waals surface area (Å²) in [5, 5.41) is 8.86. The Labute approximate surface area is 320 Å². The van der Waals surface area contributed by atoms with Gasteiger partial charge in [0.2, 0.25) is 0 Å². The molecule has 0 saturated carbocycles. The molecule has 0 aromatic heterocycles. The Morgan fingerprint density at radius 2 is 1.02 bits per heavy atom. The Balaban J connectivity index is 4.52. The zero-order valence-corrected chi connectivity index (χ0v) is 33.7. The van der Waals surface area contributed by atoms with Crippen LogP contribution in [0.1, 0.15) is 162 Å². The van der Waals surface area contributed by atoms with Gasteiger partial charge in [0.1, 0.15) is 12.6 Å². The van der Waals surface area contributed by atoms with E-state index in [9.17, 15) is 23.8 Å². The van der Waals surface area contributed by atoms with Gasteiger partial charge in [-0.1, -0.05) is 127 Å². The van der Waals surface area contributed by atoms with Crippen LogP contribution in [0, 0.1) is 0 Å². The number of hydrogen-bond acceptors (Lipinski definition) is 9. The summed E-state index contributed by atoms with van der Waals surface area (Å²) in [4.78, 5) is 45.8. The average Bonchev–Trinajstić information content (AvgIpc) is 3.13. The largest absolute Gasteiger partial charge is 0.480 e. The molecule has 0 heterocycles. The molecule has 0 aromatic rings. The van der Waals surface area contributed by atoms with Crippen LogP contribution in [0.5, 0.6) is 0 Å². The molecule has 0 aliphatic rings. The Hall–Kier alpha value is -2.56. The maximum Gasteiger partial charge on any atom is 0.472 e. The molecule has 0 radical (unpaired) electrons. The molecule has 306 valence electrons. The predicted octanol–water partition coefficient (Wildman–Crippen LogP) is 10.2. The molecule has 0 aliphatic heterocycles. The lowest BCUT2D eigenvalue weighted by molar-refractivity contribution is -0.161. The summed E-state index contributed by atoms with van der Waals surface area (Å²) in [7, 11) is -4.73. The van der Waals surface area contributed by atoms with Gasteiger partial charge in [-0.2, -0.15) is 0 Å². The third kappa shape index (κ3) is 36.2. The summed E-state index contributed by atoms with van der Waals surface area (Å²) in [6.45, 7) is 2.69. The average molecular weight is 770 g/mol. The van der Waals surface area contributed by atoms with Gasteiger partial charge in [0, 0.05) is 12.8 Å². The second kappa shape index (κ2) is 36.4. The van der Waals surface area contributed by atoms with Gasteiger partial charge in [-0.15, -0.1) is 0 Å². The third-order valence-electron chi connectivity index (χ3n) is 8.30. The van der Waals surface area contributed by atoms with Gasteiger partial charge in [0.15, 0.2) is 6.10 Å². The maximum atomic E-state index is 12.6. The van der Waals surface area contributed by atoms with E-state index in [0.29, 0.717) is 19.3 Å². The van der Waals surface area contributed by atoms with E-state index in [1.54, 1.807) is 0 Å². The van der Waals surface area contributed by atoms with Crippen LogP contribution in [-0.4, -0.2) is 59.9 Å². The first-order valence-corrected chi connectivity index (χ1v) is 21.7. The molecular formula is C41H72NO10P. The number of phosphoric acid groups is 1. The van der Waals surface area contributed by atoms with Crippen molar-refractivity contribution in [3.63, 3.8) is 0 Å². The first kappa shape index (κ1) is 50.4. The zero-order valence-electron chi connectivity index (χ0n) is 32.8. The van der Waals surface area contributed by atoms with Crippen molar-refractivity contribution in [2.24, 2.45) is 5.73 Å². The van der Waals surface area contributed by atoms with Crippen LogP contribution in [0.25, 0.3) is 0 Å². The van der Waals surface area contributed by atoms with E-state index >= 15 is 0 Å². The molecule has 12 heteroatoms. The highest BCUT2D eigenvalue weighted by molar-refractivity contribution is 7.47. The molecule has 53 heavy (non-hydrogen) atoms. The molecule has 0 amide bonds. The number of unbranched alkanes of at least 4 members (excludes halogenated alkanes) is 15. The fourth-order valence-corrected chi connectivity index (χ4v) is 5.85. The molecule has 0 bridgehead atoms. The van der Waals surface area contributed by atoms with Crippen LogP contribution >= 0.6 is 7.82 Å². The zero-order chi connectivity index (χ0) is 39.3. The number of hydrogen-bond donors (Lipinski definition) is 3. The van der Waals surface area contributed by atoms with Crippen LogP contribution in [0.3, 0.4) is 0 Å². The molecule has 0 spiro atoms. The third-order valence-corrected chi connectivity index (χ3v) is 9.25. The summed E-state index contributed by atoms with van der Waals surface area (Å²) < 4.78 is 32.5. The molecule has 0 aromatic carbocycles. The molecule has 1 unspecified atom stereocenters. The molecule has 4 N–H and O–H groups in total. The molecule has 0 saturated heterocycles. The van der Waals surface area contributed by atoms with Gasteiger partial charge in [0.25, 0.3) is 0 Å². The summed E-state index contributed by atoms with van der Waals surface area (Å²) in [5.74, 6) is -2.46. The molecule has 0 aliphatic carbocycles. The van der Waals surface area contributed by atoms with E-state index in [0.717, 1.165) is 57.8 Å². The lowest BCUT2D eigenvalue weighted by Crippen LogP contribution is -2.34. The monoisotopic (exact) mass is 769 g/mol. The van der Waals surface area contributed by atoms with Crippen LogP contribution in [-0.2, 0) is 37.5 Å². The van der Waals surface area contributed by atoms with Gasteiger partial charge in [-0.3, -0.25) is 23.4 Å². The van der Waals surface area contributed by atoms with E-state index in [1.807, 2.05) is 12.2 Å². The Bertz CT molecular complexity index is 1090. The van der Waals surface area contributed by atoms with Crippen molar-refractivity contribution in [1.82, 2.24) is 0 Å². The molecule has 11 nitrogen and oxygen atoms in total. The van der Waals surface area contributed by atoms with Gasteiger partial charge in [-0.05, 0) is 70.6 Å². The van der Waals surface area contributed by atoms with Crippen LogP contribution < -0.4 is 5.73 Å². The van der Waals surface area contributed by atoms with Gasteiger partial charge in [-0.25, -0.2) is 4.57 Å². The van der Waals surface area contributed by atoms with E-state index in [2.05, 4.69) is 54.8 Å². The first-order chi connectivity index (χ1) is 25.6. The van der Waals surface area contributed by atoms with Gasteiger partial charge in [0.05, 0.1) is 13.2 Å². The quantitative estimate of drug-likeness (QED) is 0.0238. The lowest BCUT2D eigenvalue weighted by Gasteiger charge is -2.20. The number of rotatable bonds is 37. The number of carbonyl (C=O) groups excluding carboxylic acids is 2. The van der Waals surface area contributed by atoms with Crippen molar-refractivity contribution < 1.29 is 47.5 Å². The Kier molecular flexibility index (Phi) is 34.7. The number of aliphatic carboxylic acids is 1. The summed E-state index contributed by atoms with van der Waals surface area (Å²) in [6, 6.07) is -1.53. The SMILES string of the molecule is CCCCC/C=C/CCCCCCCC(=O)OC[C@H](COP(=O)(O)OC[C@H](N)C(=O)O)OC(=O)CCC/C=C/C/C=C/C/C=C/CCCCCCCC. The highest BCUT2D eigenvalue weighted by Gasteiger charge is 2.28. The summed E-state index contributed by atoms with van der Waals surface area (Å²) >= 11 is 0. The minimum absolute atomic E-state index is 0.0867. The standard InChI is InChI=1S/C41H72NO10P/c1-3-5-7-9-11-13-15-17-18-19-20-21-23-25-27-29-31-33-40(44)52-37(35-50-53(47,48)51-36-38(42)41(45)46)34-49-39(43)32-30-28-26-24-22-16-14-12-10-8-6-4-2/h12,14,17-18,20-21,25,27,37-38H,3-11,13,15-16,19,22-24,26,28-36,42H2,1-2H3,(H,45,46)(H,47,48)/b14-12+,18-17+,21-20+,27-25+/t37-,38+/m1/s1. The molecule has 0 fully saturated rings. The number of allylic oxidation sites excluding steroid dienone is 8. The van der Waals surface area contributed by atoms with Crippen LogP contribution in [0.2, 0.25) is 0 Å². The minimum atomic E-state index is -4.73. The topological polar surface area (TPSA) is 172 Å². The lowest BCUT2D eigenvalue weighted by atomic mass is 10.1. The fraction of sp³-hybridized carbons (Fsp3) is 0.732.